The molecule has 0 bridgehead atoms. The zero-order valence-electron chi connectivity index (χ0n) is 17.7. The summed E-state index contributed by atoms with van der Waals surface area (Å²) in [6, 6.07) is 11.4. The van der Waals surface area contributed by atoms with Crippen LogP contribution in [0.1, 0.15) is 29.2 Å². The summed E-state index contributed by atoms with van der Waals surface area (Å²) in [4.78, 5) is 27.1. The zero-order valence-corrected chi connectivity index (χ0v) is 17.7. The molecule has 0 N–H and O–H groups in total. The van der Waals surface area contributed by atoms with Gasteiger partial charge in [0.05, 0.1) is 12.1 Å². The minimum absolute atomic E-state index is 0.103. The number of carbonyl (C=O) groups is 1. The first-order valence-corrected chi connectivity index (χ1v) is 10.5. The highest BCUT2D eigenvalue weighted by Gasteiger charge is 2.26. The van der Waals surface area contributed by atoms with Crippen molar-refractivity contribution in [3.8, 4) is 5.75 Å². The molecule has 6 nitrogen and oxygen atoms in total. The van der Waals surface area contributed by atoms with E-state index in [9.17, 15) is 18.4 Å². The molecular formula is C24H24F2N2O4. The Bertz CT molecular complexity index is 1170. The standard InChI is InChI=1S/C24H24F2N2O4/c1-31-12-13-32-19-4-2-16(3-5-19)24(30)27-10-8-18(9-11-27)28-22-15-17(25)14-21(26)20(22)6-7-23(28)29/h2-7,14-15,18H,8-13H2,1H3. The molecule has 8 heteroatoms. The number of ether oxygens (including phenoxy) is 2. The van der Waals surface area contributed by atoms with Crippen molar-refractivity contribution in [3.63, 3.8) is 0 Å². The number of amides is 1. The van der Waals surface area contributed by atoms with Gasteiger partial charge in [-0.3, -0.25) is 9.59 Å². The van der Waals surface area contributed by atoms with Crippen LogP contribution < -0.4 is 10.3 Å². The highest BCUT2D eigenvalue weighted by atomic mass is 19.1. The van der Waals surface area contributed by atoms with Crippen LogP contribution in [0.5, 0.6) is 5.75 Å². The maximum Gasteiger partial charge on any atom is 0.253 e. The molecule has 32 heavy (non-hydrogen) atoms. The highest BCUT2D eigenvalue weighted by Crippen LogP contribution is 2.27. The first-order chi connectivity index (χ1) is 15.5. The highest BCUT2D eigenvalue weighted by molar-refractivity contribution is 5.94. The lowest BCUT2D eigenvalue weighted by Crippen LogP contribution is -2.40. The van der Waals surface area contributed by atoms with E-state index in [0.29, 0.717) is 50.5 Å². The summed E-state index contributed by atoms with van der Waals surface area (Å²) in [5, 5.41) is 0.206. The van der Waals surface area contributed by atoms with Crippen LogP contribution in [0.25, 0.3) is 10.9 Å². The van der Waals surface area contributed by atoms with Crippen molar-refractivity contribution in [2.45, 2.75) is 18.9 Å². The second kappa shape index (κ2) is 9.48. The third kappa shape index (κ3) is 4.50. The molecule has 2 heterocycles. The average Bonchev–Trinajstić information content (AvgIpc) is 2.79. The Kier molecular flexibility index (Phi) is 6.50. The number of nitrogens with zero attached hydrogens (tertiary/aromatic N) is 2. The molecule has 0 saturated carbocycles. The lowest BCUT2D eigenvalue weighted by Gasteiger charge is -2.33. The van der Waals surface area contributed by atoms with Gasteiger partial charge in [-0.15, -0.1) is 0 Å². The number of pyridine rings is 1. The topological polar surface area (TPSA) is 60.8 Å². The predicted molar refractivity (Wildman–Crippen MR) is 116 cm³/mol. The lowest BCUT2D eigenvalue weighted by molar-refractivity contribution is 0.0695. The van der Waals surface area contributed by atoms with Gasteiger partial charge in [-0.25, -0.2) is 8.78 Å². The molecule has 0 spiro atoms. The first kappa shape index (κ1) is 22.0. The molecule has 1 aliphatic heterocycles. The van der Waals surface area contributed by atoms with Gasteiger partial charge in [-0.05, 0) is 49.2 Å². The van der Waals surface area contributed by atoms with Crippen LogP contribution in [-0.4, -0.2) is 48.8 Å². The smallest absolute Gasteiger partial charge is 0.253 e. The van der Waals surface area contributed by atoms with E-state index in [1.54, 1.807) is 36.3 Å². The number of rotatable bonds is 6. The van der Waals surface area contributed by atoms with Crippen molar-refractivity contribution in [1.82, 2.24) is 9.47 Å². The maximum absolute atomic E-state index is 14.2. The molecule has 3 aromatic rings. The van der Waals surface area contributed by atoms with Crippen LogP contribution in [0.3, 0.4) is 0 Å². The molecule has 1 aromatic heterocycles. The summed E-state index contributed by atoms with van der Waals surface area (Å²) in [5.74, 6) is -0.867. The van der Waals surface area contributed by atoms with Crippen molar-refractivity contribution in [1.29, 1.82) is 0 Å². The number of aromatic nitrogens is 1. The third-order valence-corrected chi connectivity index (χ3v) is 5.74. The van der Waals surface area contributed by atoms with E-state index in [4.69, 9.17) is 9.47 Å². The van der Waals surface area contributed by atoms with Gasteiger partial charge in [0, 0.05) is 49.3 Å². The Morgan fingerprint density at radius 3 is 2.44 bits per heavy atom. The van der Waals surface area contributed by atoms with Crippen LogP contribution in [0.15, 0.2) is 53.3 Å². The number of carbonyl (C=O) groups excluding carboxylic acids is 1. The summed E-state index contributed by atoms with van der Waals surface area (Å²) in [6.45, 7) is 1.79. The summed E-state index contributed by atoms with van der Waals surface area (Å²) in [7, 11) is 1.60. The minimum atomic E-state index is -0.725. The Morgan fingerprint density at radius 2 is 1.75 bits per heavy atom. The van der Waals surface area contributed by atoms with Crippen LogP contribution in [0.4, 0.5) is 8.78 Å². The lowest BCUT2D eigenvalue weighted by atomic mass is 10.0. The average molecular weight is 442 g/mol. The van der Waals surface area contributed by atoms with E-state index < -0.39 is 11.6 Å². The second-order valence-electron chi connectivity index (χ2n) is 7.75. The van der Waals surface area contributed by atoms with Crippen LogP contribution in [-0.2, 0) is 4.74 Å². The number of hydrogen-bond acceptors (Lipinski definition) is 4. The van der Waals surface area contributed by atoms with Gasteiger partial charge in [-0.2, -0.15) is 0 Å². The monoisotopic (exact) mass is 442 g/mol. The number of likely N-dealkylation sites (tertiary alicyclic amines) is 1. The number of hydrogen-bond donors (Lipinski definition) is 0. The molecule has 2 aromatic carbocycles. The van der Waals surface area contributed by atoms with Gasteiger partial charge < -0.3 is 18.9 Å². The molecule has 0 unspecified atom stereocenters. The molecule has 0 atom stereocenters. The number of fused-ring (bicyclic) bond motifs is 1. The third-order valence-electron chi connectivity index (χ3n) is 5.74. The Labute approximate surface area is 184 Å². The maximum atomic E-state index is 14.2. The van der Waals surface area contributed by atoms with Crippen LogP contribution in [0, 0.1) is 11.6 Å². The van der Waals surface area contributed by atoms with E-state index >= 15 is 0 Å². The van der Waals surface area contributed by atoms with Crippen molar-refractivity contribution in [2.75, 3.05) is 33.4 Å². The second-order valence-corrected chi connectivity index (χ2v) is 7.75. The molecular weight excluding hydrogens is 418 g/mol. The quantitative estimate of drug-likeness (QED) is 0.545. The van der Waals surface area contributed by atoms with Crippen molar-refractivity contribution in [2.24, 2.45) is 0 Å². The number of piperidine rings is 1. The SMILES string of the molecule is COCCOc1ccc(C(=O)N2CCC(n3c(=O)ccc4c(F)cc(F)cc43)CC2)cc1. The van der Waals surface area contributed by atoms with Gasteiger partial charge >= 0.3 is 0 Å². The van der Waals surface area contributed by atoms with E-state index in [-0.39, 0.29) is 28.4 Å². The molecule has 168 valence electrons. The summed E-state index contributed by atoms with van der Waals surface area (Å²) in [5.41, 5.74) is 0.481. The Balaban J connectivity index is 1.46. The fraction of sp³-hybridized carbons (Fsp3) is 0.333. The molecule has 0 radical (unpaired) electrons. The van der Waals surface area contributed by atoms with Gasteiger partial charge in [0.25, 0.3) is 11.5 Å². The van der Waals surface area contributed by atoms with Gasteiger partial charge in [0.15, 0.2) is 0 Å². The van der Waals surface area contributed by atoms with Crippen LogP contribution in [0.2, 0.25) is 0 Å². The molecule has 1 fully saturated rings. The van der Waals surface area contributed by atoms with E-state index in [1.807, 2.05) is 0 Å². The molecule has 0 aliphatic carbocycles. The van der Waals surface area contributed by atoms with Gasteiger partial charge in [0.2, 0.25) is 0 Å². The predicted octanol–water partition coefficient (Wildman–Crippen LogP) is 3.78. The molecule has 1 aliphatic rings. The summed E-state index contributed by atoms with van der Waals surface area (Å²) < 4.78 is 39.9. The first-order valence-electron chi connectivity index (χ1n) is 10.5. The van der Waals surface area contributed by atoms with E-state index in [0.717, 1.165) is 6.07 Å². The largest absolute Gasteiger partial charge is 0.491 e. The van der Waals surface area contributed by atoms with Crippen molar-refractivity contribution < 1.29 is 23.0 Å². The van der Waals surface area contributed by atoms with Gasteiger partial charge in [0.1, 0.15) is 24.0 Å². The van der Waals surface area contributed by atoms with Crippen molar-refractivity contribution in [3.05, 3.63) is 76.1 Å². The normalized spacial score (nSPS) is 14.7. The molecule has 4 rings (SSSR count). The molecule has 1 saturated heterocycles. The molecule has 1 amide bonds. The van der Waals surface area contributed by atoms with E-state index in [1.165, 1.54) is 22.8 Å². The fourth-order valence-electron chi connectivity index (χ4n) is 4.11. The number of benzene rings is 2. The number of halogens is 2. The van der Waals surface area contributed by atoms with E-state index in [2.05, 4.69) is 0 Å². The van der Waals surface area contributed by atoms with Crippen LogP contribution >= 0.6 is 0 Å². The summed E-state index contributed by atoms with van der Waals surface area (Å²) >= 11 is 0. The summed E-state index contributed by atoms with van der Waals surface area (Å²) in [6.07, 6.45) is 1.03. The minimum Gasteiger partial charge on any atom is -0.491 e. The van der Waals surface area contributed by atoms with Crippen molar-refractivity contribution >= 4 is 16.8 Å². The zero-order chi connectivity index (χ0) is 22.7. The van der Waals surface area contributed by atoms with Gasteiger partial charge in [-0.1, -0.05) is 0 Å². The fourth-order valence-corrected chi connectivity index (χ4v) is 4.11. The number of methoxy groups -OCH3 is 1. The Morgan fingerprint density at radius 1 is 1.03 bits per heavy atom. The Hall–Kier alpha value is -3.26.